The average Bonchev–Trinajstić information content (AvgIpc) is 2.23. The first-order valence-electron chi connectivity index (χ1n) is 4.96. The zero-order valence-electron chi connectivity index (χ0n) is 7.89. The van der Waals surface area contributed by atoms with Crippen molar-refractivity contribution in [2.75, 3.05) is 6.54 Å². The lowest BCUT2D eigenvalue weighted by Gasteiger charge is -2.24. The third-order valence-electron chi connectivity index (χ3n) is 2.64. The number of rotatable bonds is 1. The van der Waals surface area contributed by atoms with Crippen LogP contribution in [0.1, 0.15) is 30.9 Å². The van der Waals surface area contributed by atoms with Crippen LogP contribution in [0, 0.1) is 0 Å². The van der Waals surface area contributed by atoms with Gasteiger partial charge in [-0.3, -0.25) is 0 Å². The highest BCUT2D eigenvalue weighted by Gasteiger charge is 2.16. The molecular formula is C11H13Br2N. The fourth-order valence-corrected chi connectivity index (χ4v) is 2.80. The molecule has 0 saturated carbocycles. The molecule has 0 radical (unpaired) electrons. The second kappa shape index (κ2) is 4.77. The van der Waals surface area contributed by atoms with Crippen LogP contribution in [-0.2, 0) is 0 Å². The van der Waals surface area contributed by atoms with Gasteiger partial charge in [0.05, 0.1) is 0 Å². The summed E-state index contributed by atoms with van der Waals surface area (Å²) in [5, 5.41) is 3.55. The van der Waals surface area contributed by atoms with E-state index in [2.05, 4.69) is 55.4 Å². The molecule has 1 N–H and O–H groups in total. The van der Waals surface area contributed by atoms with Gasteiger partial charge in [-0.15, -0.1) is 0 Å². The van der Waals surface area contributed by atoms with Crippen LogP contribution in [0.3, 0.4) is 0 Å². The Labute approximate surface area is 102 Å². The summed E-state index contributed by atoms with van der Waals surface area (Å²) in [6.45, 7) is 1.14. The lowest BCUT2D eigenvalue weighted by molar-refractivity contribution is 0.411. The molecule has 0 bridgehead atoms. The van der Waals surface area contributed by atoms with E-state index in [1.807, 2.05) is 0 Å². The van der Waals surface area contributed by atoms with E-state index in [0.29, 0.717) is 6.04 Å². The topological polar surface area (TPSA) is 12.0 Å². The Morgan fingerprint density at radius 2 is 2.07 bits per heavy atom. The maximum atomic E-state index is 3.61. The van der Waals surface area contributed by atoms with Gasteiger partial charge in [-0.25, -0.2) is 0 Å². The Balaban J connectivity index is 2.24. The molecule has 0 spiro atoms. The minimum atomic E-state index is 0.524. The molecule has 1 atom stereocenters. The van der Waals surface area contributed by atoms with E-state index in [0.717, 1.165) is 11.0 Å². The van der Waals surface area contributed by atoms with Crippen molar-refractivity contribution in [1.29, 1.82) is 0 Å². The van der Waals surface area contributed by atoms with Crippen LogP contribution >= 0.6 is 31.9 Å². The number of hydrogen-bond acceptors (Lipinski definition) is 1. The quantitative estimate of drug-likeness (QED) is 0.824. The summed E-state index contributed by atoms with van der Waals surface area (Å²) in [5.74, 6) is 0. The van der Waals surface area contributed by atoms with Gasteiger partial charge in [0.25, 0.3) is 0 Å². The van der Waals surface area contributed by atoms with Crippen LogP contribution < -0.4 is 5.32 Å². The fraction of sp³-hybridized carbons (Fsp3) is 0.455. The van der Waals surface area contributed by atoms with Crippen molar-refractivity contribution in [3.63, 3.8) is 0 Å². The molecule has 2 rings (SSSR count). The highest BCUT2D eigenvalue weighted by atomic mass is 79.9. The van der Waals surface area contributed by atoms with E-state index in [1.165, 1.54) is 29.3 Å². The molecule has 14 heavy (non-hydrogen) atoms. The van der Waals surface area contributed by atoms with Crippen LogP contribution in [0.25, 0.3) is 0 Å². The molecule has 1 nitrogen and oxygen atoms in total. The molecule has 3 heteroatoms. The normalized spacial score (nSPS) is 22.3. The van der Waals surface area contributed by atoms with Gasteiger partial charge in [0.2, 0.25) is 0 Å². The monoisotopic (exact) mass is 317 g/mol. The second-order valence-corrected chi connectivity index (χ2v) is 5.44. The highest BCUT2D eigenvalue weighted by molar-refractivity contribution is 9.11. The van der Waals surface area contributed by atoms with Crippen molar-refractivity contribution in [1.82, 2.24) is 5.32 Å². The molecule has 1 aliphatic heterocycles. The molecule has 1 fully saturated rings. The van der Waals surface area contributed by atoms with Crippen molar-refractivity contribution in [2.24, 2.45) is 0 Å². The van der Waals surface area contributed by atoms with Gasteiger partial charge in [-0.05, 0) is 43.1 Å². The van der Waals surface area contributed by atoms with E-state index in [1.54, 1.807) is 0 Å². The first-order valence-corrected chi connectivity index (χ1v) is 6.54. The van der Waals surface area contributed by atoms with E-state index >= 15 is 0 Å². The zero-order chi connectivity index (χ0) is 9.97. The van der Waals surface area contributed by atoms with Gasteiger partial charge in [0.1, 0.15) is 0 Å². The SMILES string of the molecule is Brc1ccc(Br)c([C@@H]2CCCCN2)c1. The van der Waals surface area contributed by atoms with E-state index in [4.69, 9.17) is 0 Å². The van der Waals surface area contributed by atoms with Crippen LogP contribution in [-0.4, -0.2) is 6.54 Å². The standard InChI is InChI=1S/C11H13Br2N/c12-8-4-5-10(13)9(7-8)11-3-1-2-6-14-11/h4-5,7,11,14H,1-3,6H2/t11-/m0/s1. The smallest absolute Gasteiger partial charge is 0.0331 e. The number of benzene rings is 1. The summed E-state index contributed by atoms with van der Waals surface area (Å²) in [7, 11) is 0. The van der Waals surface area contributed by atoms with Crippen molar-refractivity contribution >= 4 is 31.9 Å². The summed E-state index contributed by atoms with van der Waals surface area (Å²) in [6, 6.07) is 6.90. The summed E-state index contributed by atoms with van der Waals surface area (Å²) in [4.78, 5) is 0. The summed E-state index contributed by atoms with van der Waals surface area (Å²) in [6.07, 6.45) is 3.88. The Bertz CT molecular complexity index is 319. The van der Waals surface area contributed by atoms with Gasteiger partial charge in [0.15, 0.2) is 0 Å². The Morgan fingerprint density at radius 1 is 1.21 bits per heavy atom. The van der Waals surface area contributed by atoms with Crippen molar-refractivity contribution < 1.29 is 0 Å². The first kappa shape index (κ1) is 10.7. The lowest BCUT2D eigenvalue weighted by Crippen LogP contribution is -2.27. The molecule has 1 aromatic rings. The Hall–Kier alpha value is 0.140. The Kier molecular flexibility index (Phi) is 3.63. The molecular weight excluding hydrogens is 306 g/mol. The zero-order valence-corrected chi connectivity index (χ0v) is 11.1. The van der Waals surface area contributed by atoms with Crippen LogP contribution in [0.4, 0.5) is 0 Å². The molecule has 0 unspecified atom stereocenters. The number of nitrogens with one attached hydrogen (secondary N) is 1. The summed E-state index contributed by atoms with van der Waals surface area (Å²) in [5.41, 5.74) is 1.37. The Morgan fingerprint density at radius 3 is 2.79 bits per heavy atom. The van der Waals surface area contributed by atoms with E-state index in [9.17, 15) is 0 Å². The van der Waals surface area contributed by atoms with Crippen molar-refractivity contribution in [3.8, 4) is 0 Å². The molecule has 0 aliphatic carbocycles. The molecule has 1 aliphatic rings. The van der Waals surface area contributed by atoms with Crippen molar-refractivity contribution in [3.05, 3.63) is 32.7 Å². The second-order valence-electron chi connectivity index (χ2n) is 3.67. The maximum absolute atomic E-state index is 3.61. The molecule has 0 aromatic heterocycles. The highest BCUT2D eigenvalue weighted by Crippen LogP contribution is 2.31. The number of halogens is 2. The molecule has 0 amide bonds. The lowest BCUT2D eigenvalue weighted by atomic mass is 9.98. The van der Waals surface area contributed by atoms with Crippen LogP contribution in [0.15, 0.2) is 27.1 Å². The van der Waals surface area contributed by atoms with Crippen LogP contribution in [0.2, 0.25) is 0 Å². The number of hydrogen-bond donors (Lipinski definition) is 1. The molecule has 1 aromatic carbocycles. The maximum Gasteiger partial charge on any atom is 0.0331 e. The van der Waals surface area contributed by atoms with Crippen molar-refractivity contribution in [2.45, 2.75) is 25.3 Å². The minimum Gasteiger partial charge on any atom is -0.310 e. The third kappa shape index (κ3) is 2.38. The third-order valence-corrected chi connectivity index (χ3v) is 3.86. The minimum absolute atomic E-state index is 0.524. The average molecular weight is 319 g/mol. The van der Waals surface area contributed by atoms with Crippen LogP contribution in [0.5, 0.6) is 0 Å². The van der Waals surface area contributed by atoms with E-state index < -0.39 is 0 Å². The first-order chi connectivity index (χ1) is 6.77. The van der Waals surface area contributed by atoms with Gasteiger partial charge in [-0.2, -0.15) is 0 Å². The van der Waals surface area contributed by atoms with Gasteiger partial charge < -0.3 is 5.32 Å². The van der Waals surface area contributed by atoms with E-state index in [-0.39, 0.29) is 0 Å². The number of piperidine rings is 1. The molecule has 76 valence electrons. The predicted molar refractivity (Wildman–Crippen MR) is 66.4 cm³/mol. The molecule has 1 saturated heterocycles. The fourth-order valence-electron chi connectivity index (χ4n) is 1.90. The predicted octanol–water partition coefficient (Wildman–Crippen LogP) is 4.03. The van der Waals surface area contributed by atoms with Gasteiger partial charge >= 0.3 is 0 Å². The van der Waals surface area contributed by atoms with Gasteiger partial charge in [-0.1, -0.05) is 38.3 Å². The molecule has 1 heterocycles. The largest absolute Gasteiger partial charge is 0.310 e. The van der Waals surface area contributed by atoms with Gasteiger partial charge in [0, 0.05) is 15.0 Å². The summed E-state index contributed by atoms with van der Waals surface area (Å²) < 4.78 is 2.36. The summed E-state index contributed by atoms with van der Waals surface area (Å²) >= 11 is 7.12.